The largest absolute Gasteiger partial charge is 0.460 e. The number of allylic oxidation sites excluding steroid dienone is 1. The van der Waals surface area contributed by atoms with Gasteiger partial charge in [0.2, 0.25) is 0 Å². The molecule has 3 rings (SSSR count). The van der Waals surface area contributed by atoms with E-state index in [-0.39, 0.29) is 60.6 Å². The number of carbonyl (C=O) groups is 2. The summed E-state index contributed by atoms with van der Waals surface area (Å²) >= 11 is 0. The normalized spacial score (nSPS) is 26.1. The van der Waals surface area contributed by atoms with Crippen LogP contribution in [0.5, 0.6) is 0 Å². The third kappa shape index (κ3) is 18.3. The number of aliphatic hydroxyl groups is 1. The van der Waals surface area contributed by atoms with Gasteiger partial charge in [-0.05, 0) is 59.3 Å². The van der Waals surface area contributed by atoms with Crippen molar-refractivity contribution < 1.29 is 43.1 Å². The van der Waals surface area contributed by atoms with Crippen molar-refractivity contribution in [2.24, 2.45) is 5.92 Å². The third-order valence-corrected chi connectivity index (χ3v) is 12.2. The summed E-state index contributed by atoms with van der Waals surface area (Å²) in [5.74, 6) is -0.413. The molecule has 1 spiro atoms. The average Bonchev–Trinajstić information content (AvgIpc) is 4.09. The highest BCUT2D eigenvalue weighted by atomic mass is 16.6. The summed E-state index contributed by atoms with van der Waals surface area (Å²) in [6.07, 6.45) is 29.8. The second-order valence-electron chi connectivity index (χ2n) is 17.3. The van der Waals surface area contributed by atoms with E-state index < -0.39 is 6.10 Å². The molecule has 1 saturated carbocycles. The molecule has 3 fully saturated rings. The molecule has 3 aliphatic rings. The van der Waals surface area contributed by atoms with Crippen molar-refractivity contribution in [1.29, 1.82) is 0 Å². The van der Waals surface area contributed by atoms with Gasteiger partial charge in [0.15, 0.2) is 0 Å². The lowest BCUT2D eigenvalue weighted by Crippen LogP contribution is -2.55. The third-order valence-electron chi connectivity index (χ3n) is 12.2. The van der Waals surface area contributed by atoms with E-state index in [1.807, 2.05) is 0 Å². The van der Waals surface area contributed by atoms with Crippen LogP contribution in [0.4, 0.5) is 0 Å². The van der Waals surface area contributed by atoms with Crippen LogP contribution in [0.2, 0.25) is 0 Å². The Morgan fingerprint density at radius 3 is 1.84 bits per heavy atom. The van der Waals surface area contributed by atoms with E-state index in [0.29, 0.717) is 26.1 Å². The fraction of sp³-hybridized carbons (Fsp3) is 0.913. The molecule has 0 aromatic rings. The number of epoxide rings is 2. The van der Waals surface area contributed by atoms with Crippen LogP contribution >= 0.6 is 0 Å². The minimum Gasteiger partial charge on any atom is -0.460 e. The minimum absolute atomic E-state index is 0.0285. The zero-order chi connectivity index (χ0) is 39.8. The van der Waals surface area contributed by atoms with Gasteiger partial charge in [-0.15, -0.1) is 0 Å². The van der Waals surface area contributed by atoms with Crippen molar-refractivity contribution in [3.8, 4) is 0 Å². The van der Waals surface area contributed by atoms with Crippen LogP contribution in [0.3, 0.4) is 0 Å². The molecule has 0 amide bonds. The highest BCUT2D eigenvalue weighted by Crippen LogP contribution is 2.59. The summed E-state index contributed by atoms with van der Waals surface area (Å²) in [5, 5.41) is 9.66. The summed E-state index contributed by atoms with van der Waals surface area (Å²) in [6, 6.07) is 0. The zero-order valence-corrected chi connectivity index (χ0v) is 35.9. The molecule has 9 heteroatoms. The van der Waals surface area contributed by atoms with Crippen molar-refractivity contribution >= 4 is 11.9 Å². The second-order valence-corrected chi connectivity index (χ2v) is 17.3. The van der Waals surface area contributed by atoms with Crippen LogP contribution in [-0.2, 0) is 38.0 Å². The van der Waals surface area contributed by atoms with Gasteiger partial charge in [-0.2, -0.15) is 0 Å². The molecule has 0 radical (unpaired) electrons. The maximum Gasteiger partial charge on any atom is 0.306 e. The first kappa shape index (κ1) is 47.9. The number of rotatable bonds is 34. The summed E-state index contributed by atoms with van der Waals surface area (Å²) in [6.45, 7) is 10.0. The van der Waals surface area contributed by atoms with E-state index in [1.54, 1.807) is 7.11 Å². The van der Waals surface area contributed by atoms with Crippen LogP contribution in [0, 0.1) is 5.92 Å². The lowest BCUT2D eigenvalue weighted by molar-refractivity contribution is -0.172. The van der Waals surface area contributed by atoms with E-state index in [2.05, 4.69) is 33.8 Å². The summed E-state index contributed by atoms with van der Waals surface area (Å²) in [7, 11) is 1.71. The maximum atomic E-state index is 12.9. The molecule has 9 nitrogen and oxygen atoms in total. The fourth-order valence-electron chi connectivity index (χ4n) is 8.70. The van der Waals surface area contributed by atoms with E-state index in [0.717, 1.165) is 70.6 Å². The first-order chi connectivity index (χ1) is 26.7. The van der Waals surface area contributed by atoms with E-state index in [9.17, 15) is 14.7 Å². The van der Waals surface area contributed by atoms with Crippen molar-refractivity contribution in [2.45, 2.75) is 230 Å². The van der Waals surface area contributed by atoms with Gasteiger partial charge < -0.3 is 33.5 Å². The number of aliphatic hydroxyl groups excluding tert-OH is 1. The summed E-state index contributed by atoms with van der Waals surface area (Å²) in [4.78, 5) is 25.2. The Balaban J connectivity index is 1.13. The van der Waals surface area contributed by atoms with Crippen LogP contribution in [-0.4, -0.2) is 86.2 Å². The van der Waals surface area contributed by atoms with Gasteiger partial charge in [-0.3, -0.25) is 9.59 Å². The molecule has 2 heterocycles. The predicted molar refractivity (Wildman–Crippen MR) is 219 cm³/mol. The molecule has 0 bridgehead atoms. The Morgan fingerprint density at radius 1 is 0.800 bits per heavy atom. The summed E-state index contributed by atoms with van der Waals surface area (Å²) < 4.78 is 35.5. The van der Waals surface area contributed by atoms with Crippen LogP contribution in [0.25, 0.3) is 0 Å². The Bertz CT molecular complexity index is 1070. The van der Waals surface area contributed by atoms with Crippen molar-refractivity contribution in [1.82, 2.24) is 0 Å². The highest BCUT2D eigenvalue weighted by Gasteiger charge is 2.72. The number of hydrogen-bond acceptors (Lipinski definition) is 9. The average molecular weight is 779 g/mol. The monoisotopic (exact) mass is 779 g/mol. The van der Waals surface area contributed by atoms with E-state index >= 15 is 0 Å². The Morgan fingerprint density at radius 2 is 1.33 bits per heavy atom. The number of unbranched alkanes of at least 4 members (excludes halogenated alkanes) is 19. The number of hydrogen-bond donors (Lipinski definition) is 1. The fourth-order valence-corrected chi connectivity index (χ4v) is 8.70. The number of carbonyl (C=O) groups excluding carboxylic acids is 2. The molecule has 2 saturated heterocycles. The molecule has 320 valence electrons. The standard InChI is InChI=1S/C46H82O9/c1-6-7-8-9-10-11-12-13-14-15-16-17-20-23-26-33-51-35-38(34-47)53-41(48)27-24-21-18-19-22-25-28-42(49)54-39-31-32-46(36-52-46)44(43(39)50-5)45(4)40(55-45)30-29-37(2)3/h29,38-40,43-44,47H,6-28,30-36H2,1-5H3/t38?,39-,40-,43-,44-,45+,46+/m1/s1. The van der Waals surface area contributed by atoms with Gasteiger partial charge in [-0.25, -0.2) is 0 Å². The molecule has 55 heavy (non-hydrogen) atoms. The first-order valence-electron chi connectivity index (χ1n) is 22.7. The molecule has 0 aromatic heterocycles. The van der Waals surface area contributed by atoms with Crippen molar-refractivity contribution in [3.05, 3.63) is 11.6 Å². The van der Waals surface area contributed by atoms with Crippen LogP contribution in [0.1, 0.15) is 195 Å². The molecule has 2 aliphatic heterocycles. The number of methoxy groups -OCH3 is 1. The molecule has 1 unspecified atom stereocenters. The quantitative estimate of drug-likeness (QED) is 0.0295. The van der Waals surface area contributed by atoms with E-state index in [4.69, 9.17) is 28.4 Å². The van der Waals surface area contributed by atoms with Gasteiger partial charge in [0.05, 0.1) is 31.8 Å². The van der Waals surface area contributed by atoms with Crippen LogP contribution < -0.4 is 0 Å². The molecule has 1 N–H and O–H groups in total. The minimum atomic E-state index is -0.597. The van der Waals surface area contributed by atoms with Gasteiger partial charge in [0.25, 0.3) is 0 Å². The van der Waals surface area contributed by atoms with E-state index in [1.165, 1.54) is 89.0 Å². The van der Waals surface area contributed by atoms with Crippen molar-refractivity contribution in [3.63, 3.8) is 0 Å². The van der Waals surface area contributed by atoms with Gasteiger partial charge >= 0.3 is 11.9 Å². The Kier molecular flexibility index (Phi) is 23.7. The Hall–Kier alpha value is -1.52. The molecular formula is C46H82O9. The molecule has 7 atom stereocenters. The maximum absolute atomic E-state index is 12.9. The number of esters is 2. The molecule has 1 aliphatic carbocycles. The van der Waals surface area contributed by atoms with Crippen LogP contribution in [0.15, 0.2) is 11.6 Å². The highest BCUT2D eigenvalue weighted by molar-refractivity contribution is 5.70. The predicted octanol–water partition coefficient (Wildman–Crippen LogP) is 10.5. The smallest absolute Gasteiger partial charge is 0.306 e. The molecule has 0 aromatic carbocycles. The Labute approximate surface area is 335 Å². The van der Waals surface area contributed by atoms with Gasteiger partial charge in [0, 0.05) is 26.6 Å². The second kappa shape index (κ2) is 27.2. The SMILES string of the molecule is CCCCCCCCCCCCCCCCCOCC(CO)OC(=O)CCCCCCCCC(=O)O[C@@H]1CC[C@]2(CO2)[C@@H]([C@@]2(C)O[C@@H]2CC=C(C)C)[C@@H]1OC. The summed E-state index contributed by atoms with van der Waals surface area (Å²) in [5.41, 5.74) is 0.711. The molecular weight excluding hydrogens is 696 g/mol. The topological polar surface area (TPSA) is 116 Å². The van der Waals surface area contributed by atoms with Crippen molar-refractivity contribution in [2.75, 3.05) is 33.5 Å². The van der Waals surface area contributed by atoms with Gasteiger partial charge in [-0.1, -0.05) is 134 Å². The first-order valence-corrected chi connectivity index (χ1v) is 22.7. The lowest BCUT2D eigenvalue weighted by atomic mass is 9.68. The van der Waals surface area contributed by atoms with Gasteiger partial charge in [0.1, 0.15) is 29.5 Å². The number of ether oxygens (including phenoxy) is 6. The lowest BCUT2D eigenvalue weighted by Gasteiger charge is -2.42. The zero-order valence-electron chi connectivity index (χ0n) is 35.9.